The van der Waals surface area contributed by atoms with Crippen LogP contribution in [0.15, 0.2) is 47.6 Å². The van der Waals surface area contributed by atoms with Crippen molar-refractivity contribution in [2.75, 3.05) is 26.1 Å². The third-order valence-electron chi connectivity index (χ3n) is 3.23. The average Bonchev–Trinajstić information content (AvgIpc) is 2.63. The van der Waals surface area contributed by atoms with Gasteiger partial charge in [0.25, 0.3) is 0 Å². The van der Waals surface area contributed by atoms with E-state index in [1.807, 2.05) is 37.3 Å². The Hall–Kier alpha value is -2.80. The van der Waals surface area contributed by atoms with Crippen molar-refractivity contribution < 1.29 is 14.2 Å². The number of nitrogens with one attached hydrogen (secondary N) is 2. The fourth-order valence-corrected chi connectivity index (χ4v) is 2.28. The summed E-state index contributed by atoms with van der Waals surface area (Å²) in [5.74, 6) is 2.04. The van der Waals surface area contributed by atoms with E-state index in [1.54, 1.807) is 32.6 Å². The van der Waals surface area contributed by atoms with Gasteiger partial charge in [0.1, 0.15) is 5.75 Å². The van der Waals surface area contributed by atoms with Crippen molar-refractivity contribution in [3.05, 3.63) is 48.0 Å². The molecule has 0 atom stereocenters. The third kappa shape index (κ3) is 5.36. The van der Waals surface area contributed by atoms with Crippen LogP contribution < -0.4 is 25.0 Å². The Kier molecular flexibility index (Phi) is 7.03. The normalized spacial score (nSPS) is 10.4. The number of rotatable bonds is 7. The summed E-state index contributed by atoms with van der Waals surface area (Å²) in [6.07, 6.45) is 1.66. The highest BCUT2D eigenvalue weighted by Crippen LogP contribution is 2.29. The molecule has 0 spiro atoms. The summed E-state index contributed by atoms with van der Waals surface area (Å²) in [6, 6.07) is 13.1. The molecule has 0 aromatic heterocycles. The van der Waals surface area contributed by atoms with Crippen molar-refractivity contribution in [1.29, 1.82) is 0 Å². The summed E-state index contributed by atoms with van der Waals surface area (Å²) in [7, 11) is 3.17. The first kappa shape index (κ1) is 18.5. The molecule has 0 aliphatic rings. The number of anilines is 1. The van der Waals surface area contributed by atoms with E-state index in [-0.39, 0.29) is 0 Å². The average molecular weight is 359 g/mol. The summed E-state index contributed by atoms with van der Waals surface area (Å²) in [5.41, 5.74) is 4.41. The molecule has 0 radical (unpaired) electrons. The number of hydrogen-bond acceptors (Lipinski definition) is 5. The second-order valence-corrected chi connectivity index (χ2v) is 5.27. The first-order valence-electron chi connectivity index (χ1n) is 7.71. The van der Waals surface area contributed by atoms with E-state index in [4.69, 9.17) is 26.4 Å². The monoisotopic (exact) mass is 359 g/mol. The highest BCUT2D eigenvalue weighted by molar-refractivity contribution is 7.80. The molecule has 0 aliphatic heterocycles. The number of hydrazone groups is 1. The fraction of sp³-hybridized carbons (Fsp3) is 0.222. The molecule has 0 heterocycles. The Morgan fingerprint density at radius 2 is 1.84 bits per heavy atom. The maximum Gasteiger partial charge on any atom is 0.191 e. The van der Waals surface area contributed by atoms with E-state index in [0.717, 1.165) is 17.0 Å². The zero-order valence-electron chi connectivity index (χ0n) is 14.4. The second-order valence-electron chi connectivity index (χ2n) is 4.86. The van der Waals surface area contributed by atoms with Crippen molar-refractivity contribution in [1.82, 2.24) is 5.43 Å². The summed E-state index contributed by atoms with van der Waals surface area (Å²) in [4.78, 5) is 0. The molecular weight excluding hydrogens is 338 g/mol. The molecule has 0 aliphatic carbocycles. The van der Waals surface area contributed by atoms with Crippen LogP contribution >= 0.6 is 12.2 Å². The predicted molar refractivity (Wildman–Crippen MR) is 104 cm³/mol. The number of thiocarbonyl (C=S) groups is 1. The molecule has 2 aromatic rings. The lowest BCUT2D eigenvalue weighted by molar-refractivity contribution is 0.340. The van der Waals surface area contributed by atoms with Crippen molar-refractivity contribution >= 4 is 29.2 Å². The fourth-order valence-electron chi connectivity index (χ4n) is 2.11. The van der Waals surface area contributed by atoms with E-state index in [9.17, 15) is 0 Å². The number of hydrogen-bond donors (Lipinski definition) is 2. The lowest BCUT2D eigenvalue weighted by Gasteiger charge is -2.11. The second kappa shape index (κ2) is 9.48. The van der Waals surface area contributed by atoms with Crippen LogP contribution in [-0.4, -0.2) is 32.2 Å². The van der Waals surface area contributed by atoms with Crippen LogP contribution in [0.3, 0.4) is 0 Å². The molecule has 0 fully saturated rings. The molecule has 2 rings (SSSR count). The molecule has 25 heavy (non-hydrogen) atoms. The number of methoxy groups -OCH3 is 2. The topological polar surface area (TPSA) is 64.1 Å². The number of nitrogens with zero attached hydrogens (tertiary/aromatic N) is 1. The van der Waals surface area contributed by atoms with E-state index < -0.39 is 0 Å². The first-order valence-corrected chi connectivity index (χ1v) is 8.12. The van der Waals surface area contributed by atoms with Crippen LogP contribution in [0.1, 0.15) is 12.5 Å². The summed E-state index contributed by atoms with van der Waals surface area (Å²) in [5, 5.41) is 7.53. The standard InChI is InChI=1S/C18H21N3O3S/c1-4-24-15-8-6-5-7-13(15)12-19-21-18(25)20-14-9-10-16(22-2)17(11-14)23-3/h5-12H,4H2,1-3H3,(H2,20,21,25). The molecule has 0 amide bonds. The summed E-state index contributed by atoms with van der Waals surface area (Å²) >= 11 is 5.24. The van der Waals surface area contributed by atoms with Gasteiger partial charge in [0.05, 0.1) is 27.0 Å². The van der Waals surface area contributed by atoms with Crippen molar-refractivity contribution in [2.45, 2.75) is 6.92 Å². The van der Waals surface area contributed by atoms with Gasteiger partial charge in [0, 0.05) is 17.3 Å². The lowest BCUT2D eigenvalue weighted by atomic mass is 10.2. The maximum absolute atomic E-state index is 5.54. The minimum atomic E-state index is 0.359. The molecule has 2 aromatic carbocycles. The van der Waals surface area contributed by atoms with E-state index >= 15 is 0 Å². The van der Waals surface area contributed by atoms with Crippen LogP contribution in [-0.2, 0) is 0 Å². The van der Waals surface area contributed by atoms with Crippen LogP contribution in [0.2, 0.25) is 0 Å². The largest absolute Gasteiger partial charge is 0.493 e. The van der Waals surface area contributed by atoms with E-state index in [2.05, 4.69) is 15.8 Å². The Morgan fingerprint density at radius 3 is 2.56 bits per heavy atom. The summed E-state index contributed by atoms with van der Waals surface area (Å²) < 4.78 is 16.0. The number of ether oxygens (including phenoxy) is 3. The Balaban J connectivity index is 1.97. The van der Waals surface area contributed by atoms with Gasteiger partial charge in [-0.3, -0.25) is 5.43 Å². The third-order valence-corrected chi connectivity index (χ3v) is 3.42. The molecule has 132 valence electrons. The van der Waals surface area contributed by atoms with Gasteiger partial charge in [-0.25, -0.2) is 0 Å². The van der Waals surface area contributed by atoms with Gasteiger partial charge in [-0.1, -0.05) is 12.1 Å². The van der Waals surface area contributed by atoms with Gasteiger partial charge in [-0.05, 0) is 43.4 Å². The number of benzene rings is 2. The van der Waals surface area contributed by atoms with Gasteiger partial charge in [0.2, 0.25) is 0 Å². The maximum atomic E-state index is 5.54. The summed E-state index contributed by atoms with van der Waals surface area (Å²) in [6.45, 7) is 2.53. The molecule has 6 nitrogen and oxygen atoms in total. The smallest absolute Gasteiger partial charge is 0.191 e. The molecule has 7 heteroatoms. The zero-order chi connectivity index (χ0) is 18.1. The molecule has 0 saturated heterocycles. The van der Waals surface area contributed by atoms with E-state index in [0.29, 0.717) is 23.2 Å². The minimum absolute atomic E-state index is 0.359. The highest BCUT2D eigenvalue weighted by atomic mass is 32.1. The Labute approximate surface area is 152 Å². The van der Waals surface area contributed by atoms with Crippen molar-refractivity contribution in [2.24, 2.45) is 5.10 Å². The predicted octanol–water partition coefficient (Wildman–Crippen LogP) is 3.42. The van der Waals surface area contributed by atoms with Crippen LogP contribution in [0.4, 0.5) is 5.69 Å². The molecular formula is C18H21N3O3S. The molecule has 2 N–H and O–H groups in total. The van der Waals surface area contributed by atoms with Crippen LogP contribution in [0, 0.1) is 0 Å². The van der Waals surface area contributed by atoms with Gasteiger partial charge in [-0.2, -0.15) is 5.10 Å². The van der Waals surface area contributed by atoms with Crippen LogP contribution in [0.5, 0.6) is 17.2 Å². The Bertz CT molecular complexity index is 750. The zero-order valence-corrected chi connectivity index (χ0v) is 15.2. The minimum Gasteiger partial charge on any atom is -0.493 e. The molecule has 0 unspecified atom stereocenters. The first-order chi connectivity index (χ1) is 12.2. The highest BCUT2D eigenvalue weighted by Gasteiger charge is 2.05. The Morgan fingerprint density at radius 1 is 1.08 bits per heavy atom. The van der Waals surface area contributed by atoms with Gasteiger partial charge in [-0.15, -0.1) is 0 Å². The molecule has 0 bridgehead atoms. The van der Waals surface area contributed by atoms with Crippen molar-refractivity contribution in [3.8, 4) is 17.2 Å². The number of para-hydroxylation sites is 1. The van der Waals surface area contributed by atoms with Gasteiger partial charge >= 0.3 is 0 Å². The quantitative estimate of drug-likeness (QED) is 0.449. The SMILES string of the molecule is CCOc1ccccc1C=NNC(=S)Nc1ccc(OC)c(OC)c1. The van der Waals surface area contributed by atoms with Gasteiger partial charge in [0.15, 0.2) is 16.6 Å². The van der Waals surface area contributed by atoms with Gasteiger partial charge < -0.3 is 19.5 Å². The van der Waals surface area contributed by atoms with Crippen molar-refractivity contribution in [3.63, 3.8) is 0 Å². The van der Waals surface area contributed by atoms with E-state index in [1.165, 1.54) is 0 Å². The van der Waals surface area contributed by atoms with Crippen LogP contribution in [0.25, 0.3) is 0 Å². The molecule has 0 saturated carbocycles. The lowest BCUT2D eigenvalue weighted by Crippen LogP contribution is -2.23.